The highest BCUT2D eigenvalue weighted by atomic mass is 16.5. The summed E-state index contributed by atoms with van der Waals surface area (Å²) in [6, 6.07) is 14.7. The minimum atomic E-state index is -0.616. The van der Waals surface area contributed by atoms with Crippen LogP contribution in [-0.2, 0) is 11.3 Å². The van der Waals surface area contributed by atoms with Gasteiger partial charge in [0.1, 0.15) is 12.3 Å². The highest BCUT2D eigenvalue weighted by molar-refractivity contribution is 5.92. The number of carbonyl (C=O) groups is 1. The van der Waals surface area contributed by atoms with Gasteiger partial charge in [-0.2, -0.15) is 0 Å². The van der Waals surface area contributed by atoms with Crippen molar-refractivity contribution in [1.29, 1.82) is 0 Å². The first-order valence-corrected chi connectivity index (χ1v) is 7.61. The number of furan rings is 1. The van der Waals surface area contributed by atoms with Gasteiger partial charge >= 0.3 is 5.97 Å². The van der Waals surface area contributed by atoms with E-state index in [4.69, 9.17) is 18.6 Å². The molecule has 0 radical (unpaired) electrons. The van der Waals surface area contributed by atoms with Crippen LogP contribution in [0.5, 0.6) is 11.5 Å². The fourth-order valence-electron chi connectivity index (χ4n) is 2.32. The third-order valence-corrected chi connectivity index (χ3v) is 3.54. The highest BCUT2D eigenvalue weighted by Crippen LogP contribution is 2.35. The molecule has 0 saturated carbocycles. The van der Waals surface area contributed by atoms with Crippen molar-refractivity contribution >= 4 is 5.97 Å². The lowest BCUT2D eigenvalue weighted by Gasteiger charge is -2.14. The van der Waals surface area contributed by atoms with Gasteiger partial charge in [-0.15, -0.1) is 0 Å². The topological polar surface area (TPSA) is 70.8 Å². The summed E-state index contributed by atoms with van der Waals surface area (Å²) >= 11 is 0. The van der Waals surface area contributed by atoms with Crippen LogP contribution in [0.15, 0.2) is 59.2 Å². The lowest BCUT2D eigenvalue weighted by Crippen LogP contribution is -2.10. The largest absolute Gasteiger partial charge is 0.493 e. The lowest BCUT2D eigenvalue weighted by atomic mass is 10.2. The number of aromatic nitrogens is 1. The van der Waals surface area contributed by atoms with Crippen LogP contribution in [0.4, 0.5) is 0 Å². The van der Waals surface area contributed by atoms with E-state index in [2.05, 4.69) is 4.98 Å². The van der Waals surface area contributed by atoms with E-state index in [1.165, 1.54) is 20.5 Å². The molecular formula is C19H17NO5. The standard InChI is InChI=1S/C19H17NO5/c1-22-16-11-14(15-9-6-10-24-15)20-17(19(21)23-2)18(16)25-12-13-7-4-3-5-8-13/h3-11H,12H2,1-2H3. The minimum absolute atomic E-state index is 0.0316. The molecule has 25 heavy (non-hydrogen) atoms. The van der Waals surface area contributed by atoms with Crippen molar-refractivity contribution in [1.82, 2.24) is 4.98 Å². The Kier molecular flexibility index (Phi) is 4.99. The zero-order valence-electron chi connectivity index (χ0n) is 13.9. The second-order valence-electron chi connectivity index (χ2n) is 5.13. The van der Waals surface area contributed by atoms with Gasteiger partial charge in [0, 0.05) is 6.07 Å². The van der Waals surface area contributed by atoms with E-state index in [0.29, 0.717) is 17.2 Å². The van der Waals surface area contributed by atoms with Gasteiger partial charge in [0.15, 0.2) is 23.0 Å². The van der Waals surface area contributed by atoms with Crippen molar-refractivity contribution in [2.45, 2.75) is 6.61 Å². The number of nitrogens with zero attached hydrogens (tertiary/aromatic N) is 1. The van der Waals surface area contributed by atoms with Crippen LogP contribution in [0, 0.1) is 0 Å². The summed E-state index contributed by atoms with van der Waals surface area (Å²) < 4.78 is 21.4. The van der Waals surface area contributed by atoms with Gasteiger partial charge in [-0.3, -0.25) is 0 Å². The van der Waals surface area contributed by atoms with Crippen LogP contribution in [0.2, 0.25) is 0 Å². The average Bonchev–Trinajstić information content (AvgIpc) is 3.20. The van der Waals surface area contributed by atoms with Crippen molar-refractivity contribution in [3.05, 3.63) is 66.1 Å². The molecule has 0 spiro atoms. The first-order valence-electron chi connectivity index (χ1n) is 7.61. The summed E-state index contributed by atoms with van der Waals surface area (Å²) in [6.07, 6.45) is 1.53. The molecule has 0 aliphatic heterocycles. The Balaban J connectivity index is 2.01. The number of benzene rings is 1. The zero-order chi connectivity index (χ0) is 17.6. The van der Waals surface area contributed by atoms with E-state index in [0.717, 1.165) is 5.56 Å². The Morgan fingerprint density at radius 1 is 1.12 bits per heavy atom. The van der Waals surface area contributed by atoms with E-state index in [1.54, 1.807) is 18.2 Å². The maximum atomic E-state index is 12.2. The van der Waals surface area contributed by atoms with Crippen molar-refractivity contribution in [3.8, 4) is 23.0 Å². The predicted molar refractivity (Wildman–Crippen MR) is 90.6 cm³/mol. The van der Waals surface area contributed by atoms with Crippen LogP contribution in [-0.4, -0.2) is 25.2 Å². The molecule has 6 heteroatoms. The van der Waals surface area contributed by atoms with E-state index < -0.39 is 5.97 Å². The number of rotatable bonds is 6. The molecule has 0 unspecified atom stereocenters. The molecule has 0 aliphatic rings. The monoisotopic (exact) mass is 339 g/mol. The van der Waals surface area contributed by atoms with Crippen molar-refractivity contribution < 1.29 is 23.4 Å². The molecule has 0 amide bonds. The highest BCUT2D eigenvalue weighted by Gasteiger charge is 2.23. The van der Waals surface area contributed by atoms with Crippen molar-refractivity contribution in [3.63, 3.8) is 0 Å². The molecule has 0 N–H and O–H groups in total. The molecule has 0 saturated heterocycles. The van der Waals surface area contributed by atoms with Crippen LogP contribution < -0.4 is 9.47 Å². The first-order chi connectivity index (χ1) is 12.2. The first kappa shape index (κ1) is 16.6. The van der Waals surface area contributed by atoms with Crippen molar-refractivity contribution in [2.24, 2.45) is 0 Å². The maximum Gasteiger partial charge on any atom is 0.360 e. The maximum absolute atomic E-state index is 12.2. The van der Waals surface area contributed by atoms with Gasteiger partial charge in [-0.1, -0.05) is 30.3 Å². The normalized spacial score (nSPS) is 10.3. The van der Waals surface area contributed by atoms with Gasteiger partial charge in [-0.25, -0.2) is 9.78 Å². The van der Waals surface area contributed by atoms with E-state index in [-0.39, 0.29) is 18.1 Å². The summed E-state index contributed by atoms with van der Waals surface area (Å²) in [6.45, 7) is 0.267. The van der Waals surface area contributed by atoms with E-state index in [1.807, 2.05) is 30.3 Å². The summed E-state index contributed by atoms with van der Waals surface area (Å²) in [7, 11) is 2.79. The van der Waals surface area contributed by atoms with Gasteiger partial charge in [-0.05, 0) is 17.7 Å². The second-order valence-corrected chi connectivity index (χ2v) is 5.13. The Labute approximate surface area is 145 Å². The van der Waals surface area contributed by atoms with Crippen LogP contribution in [0.25, 0.3) is 11.5 Å². The van der Waals surface area contributed by atoms with E-state index in [9.17, 15) is 4.79 Å². The molecule has 3 aromatic rings. The smallest absolute Gasteiger partial charge is 0.360 e. The van der Waals surface area contributed by atoms with Gasteiger partial charge < -0.3 is 18.6 Å². The Morgan fingerprint density at radius 3 is 2.56 bits per heavy atom. The number of methoxy groups -OCH3 is 2. The molecule has 2 aromatic heterocycles. The third kappa shape index (κ3) is 3.63. The summed E-state index contributed by atoms with van der Waals surface area (Å²) in [5.74, 6) is 0.499. The van der Waals surface area contributed by atoms with Gasteiger partial charge in [0.25, 0.3) is 0 Å². The summed E-state index contributed by atoms with van der Waals surface area (Å²) in [5, 5.41) is 0. The van der Waals surface area contributed by atoms with Crippen molar-refractivity contribution in [2.75, 3.05) is 14.2 Å². The molecule has 3 rings (SSSR count). The Morgan fingerprint density at radius 2 is 1.92 bits per heavy atom. The number of ether oxygens (including phenoxy) is 3. The van der Waals surface area contributed by atoms with Crippen LogP contribution in [0.3, 0.4) is 0 Å². The van der Waals surface area contributed by atoms with Crippen LogP contribution >= 0.6 is 0 Å². The predicted octanol–water partition coefficient (Wildman–Crippen LogP) is 3.72. The molecule has 1 aromatic carbocycles. The quantitative estimate of drug-likeness (QED) is 0.638. The number of hydrogen-bond acceptors (Lipinski definition) is 6. The lowest BCUT2D eigenvalue weighted by molar-refractivity contribution is 0.0587. The molecule has 0 bridgehead atoms. The minimum Gasteiger partial charge on any atom is -0.493 e. The molecule has 2 heterocycles. The fraction of sp³-hybridized carbons (Fsp3) is 0.158. The molecular weight excluding hydrogens is 322 g/mol. The summed E-state index contributed by atoms with van der Waals surface area (Å²) in [5.41, 5.74) is 1.44. The van der Waals surface area contributed by atoms with Crippen LogP contribution in [0.1, 0.15) is 16.1 Å². The molecule has 0 aliphatic carbocycles. The Hall–Kier alpha value is -3.28. The number of hydrogen-bond donors (Lipinski definition) is 0. The number of carbonyl (C=O) groups excluding carboxylic acids is 1. The third-order valence-electron chi connectivity index (χ3n) is 3.54. The fourth-order valence-corrected chi connectivity index (χ4v) is 2.32. The molecule has 6 nitrogen and oxygen atoms in total. The zero-order valence-corrected chi connectivity index (χ0v) is 13.9. The number of esters is 1. The van der Waals surface area contributed by atoms with E-state index >= 15 is 0 Å². The SMILES string of the molecule is COC(=O)c1nc(-c2ccco2)cc(OC)c1OCc1ccccc1. The molecule has 0 atom stereocenters. The Bertz CT molecular complexity index is 844. The average molecular weight is 339 g/mol. The summed E-state index contributed by atoms with van der Waals surface area (Å²) in [4.78, 5) is 16.5. The van der Waals surface area contributed by atoms with Gasteiger partial charge in [0.05, 0.1) is 20.5 Å². The second kappa shape index (κ2) is 7.53. The molecule has 0 fully saturated rings. The number of pyridine rings is 1. The van der Waals surface area contributed by atoms with Gasteiger partial charge in [0.2, 0.25) is 0 Å². The molecule has 128 valence electrons.